The Labute approximate surface area is 83.1 Å². The van der Waals surface area contributed by atoms with E-state index >= 15 is 0 Å². The number of rotatable bonds is 1. The van der Waals surface area contributed by atoms with E-state index in [-0.39, 0.29) is 6.15 Å². The molecule has 0 amide bonds. The molecule has 0 aliphatic rings. The van der Waals surface area contributed by atoms with Crippen molar-refractivity contribution in [1.82, 2.24) is 6.15 Å². The zero-order chi connectivity index (χ0) is 10.3. The van der Waals surface area contributed by atoms with E-state index in [1.165, 1.54) is 0 Å². The first-order valence-corrected chi connectivity index (χ1v) is 3.65. The summed E-state index contributed by atoms with van der Waals surface area (Å²) in [6.45, 7) is 1.08. The Balaban J connectivity index is 0. The van der Waals surface area contributed by atoms with Crippen LogP contribution in [0.2, 0.25) is 0 Å². The van der Waals surface area contributed by atoms with Crippen LogP contribution in [0.1, 0.15) is 6.92 Å². The van der Waals surface area contributed by atoms with Crippen LogP contribution in [-0.2, 0) is 4.79 Å². The molecule has 0 heterocycles. The lowest BCUT2D eigenvalue weighted by molar-refractivity contribution is -0.134. The minimum absolute atomic E-state index is 0. The lowest BCUT2D eigenvalue weighted by atomic mass is 10.3. The number of carbonyl (C=O) groups is 1. The number of carboxylic acid groups (broad SMARTS) is 1. The van der Waals surface area contributed by atoms with Gasteiger partial charge in [0.05, 0.1) is 7.11 Å². The van der Waals surface area contributed by atoms with Crippen molar-refractivity contribution in [2.24, 2.45) is 0 Å². The van der Waals surface area contributed by atoms with Crippen LogP contribution in [0.5, 0.6) is 5.75 Å². The Kier molecular flexibility index (Phi) is 8.30. The van der Waals surface area contributed by atoms with Crippen LogP contribution in [0.15, 0.2) is 24.3 Å². The molecule has 0 bridgehead atoms. The third kappa shape index (κ3) is 8.35. The van der Waals surface area contributed by atoms with E-state index in [2.05, 4.69) is 0 Å². The molecule has 0 atom stereocenters. The van der Waals surface area contributed by atoms with E-state index in [1.54, 1.807) is 19.2 Å². The van der Waals surface area contributed by atoms with E-state index in [0.29, 0.717) is 0 Å². The zero-order valence-corrected chi connectivity index (χ0v) is 8.36. The van der Waals surface area contributed by atoms with Gasteiger partial charge in [-0.3, -0.25) is 4.79 Å². The van der Waals surface area contributed by atoms with E-state index in [1.807, 2.05) is 12.1 Å². The van der Waals surface area contributed by atoms with Gasteiger partial charge in [-0.15, -0.1) is 0 Å². The summed E-state index contributed by atoms with van der Waals surface area (Å²) in [7, 11) is 1.63. The summed E-state index contributed by atoms with van der Waals surface area (Å²) in [5, 5.41) is 7.42. The highest BCUT2D eigenvalue weighted by molar-refractivity contribution is 5.62. The molecule has 0 unspecified atom stereocenters. The third-order valence-electron chi connectivity index (χ3n) is 1.12. The van der Waals surface area contributed by atoms with Crippen molar-refractivity contribution in [3.05, 3.63) is 24.3 Å². The van der Waals surface area contributed by atoms with Gasteiger partial charge >= 0.3 is 0 Å². The van der Waals surface area contributed by atoms with Gasteiger partial charge in [-0.2, -0.15) is 0 Å². The second-order valence-electron chi connectivity index (χ2n) is 2.29. The van der Waals surface area contributed by atoms with E-state index in [4.69, 9.17) is 20.4 Å². The molecule has 14 heavy (non-hydrogen) atoms. The van der Waals surface area contributed by atoms with Gasteiger partial charge in [-0.1, -0.05) is 0 Å². The van der Waals surface area contributed by atoms with E-state index in [9.17, 15) is 0 Å². The summed E-state index contributed by atoms with van der Waals surface area (Å²) >= 11 is 0. The number of anilines is 1. The lowest BCUT2D eigenvalue weighted by Gasteiger charge is -1.97. The molecule has 1 rings (SSSR count). The number of hydrogen-bond donors (Lipinski definition) is 3. The molecule has 5 nitrogen and oxygen atoms in total. The van der Waals surface area contributed by atoms with Crippen molar-refractivity contribution in [3.63, 3.8) is 0 Å². The Morgan fingerprint density at radius 2 is 1.71 bits per heavy atom. The number of methoxy groups -OCH3 is 1. The number of ether oxygens (including phenoxy) is 1. The Hall–Kier alpha value is -1.75. The SMILES string of the molecule is CC(=O)O.COc1ccc(N)cc1.N. The fraction of sp³-hybridized carbons (Fsp3) is 0.222. The lowest BCUT2D eigenvalue weighted by Crippen LogP contribution is -1.84. The molecule has 80 valence electrons. The van der Waals surface area contributed by atoms with Crippen molar-refractivity contribution in [3.8, 4) is 5.75 Å². The molecule has 0 saturated carbocycles. The molecule has 5 heteroatoms. The smallest absolute Gasteiger partial charge is 0.300 e. The molecule has 1 aromatic carbocycles. The summed E-state index contributed by atoms with van der Waals surface area (Å²) in [6.07, 6.45) is 0. The molecule has 0 radical (unpaired) electrons. The fourth-order valence-electron chi connectivity index (χ4n) is 0.604. The number of nitrogens with two attached hydrogens (primary N) is 1. The van der Waals surface area contributed by atoms with Gasteiger partial charge in [0.15, 0.2) is 0 Å². The predicted molar refractivity (Wildman–Crippen MR) is 55.7 cm³/mol. The van der Waals surface area contributed by atoms with Crippen molar-refractivity contribution in [2.75, 3.05) is 12.8 Å². The van der Waals surface area contributed by atoms with Crippen LogP contribution in [-0.4, -0.2) is 18.2 Å². The monoisotopic (exact) mass is 200 g/mol. The zero-order valence-electron chi connectivity index (χ0n) is 8.36. The molecule has 0 aliphatic heterocycles. The molecule has 1 aromatic rings. The average molecular weight is 200 g/mol. The Morgan fingerprint density at radius 1 is 1.36 bits per heavy atom. The molecule has 0 aliphatic carbocycles. The largest absolute Gasteiger partial charge is 0.497 e. The summed E-state index contributed by atoms with van der Waals surface area (Å²) in [5.74, 6) is 0.00389. The second-order valence-corrected chi connectivity index (χ2v) is 2.29. The van der Waals surface area contributed by atoms with Gasteiger partial charge < -0.3 is 21.7 Å². The van der Waals surface area contributed by atoms with Crippen LogP contribution >= 0.6 is 0 Å². The highest BCUT2D eigenvalue weighted by atomic mass is 16.5. The maximum Gasteiger partial charge on any atom is 0.300 e. The maximum atomic E-state index is 9.00. The van der Waals surface area contributed by atoms with Crippen molar-refractivity contribution in [2.45, 2.75) is 6.92 Å². The van der Waals surface area contributed by atoms with Crippen molar-refractivity contribution >= 4 is 11.7 Å². The van der Waals surface area contributed by atoms with Crippen LogP contribution in [0.3, 0.4) is 0 Å². The number of carboxylic acids is 1. The Morgan fingerprint density at radius 3 is 2.00 bits per heavy atom. The summed E-state index contributed by atoms with van der Waals surface area (Å²) in [5.41, 5.74) is 6.19. The van der Waals surface area contributed by atoms with Gasteiger partial charge in [-0.05, 0) is 24.3 Å². The molecule has 0 saturated heterocycles. The highest BCUT2D eigenvalue weighted by Gasteiger charge is 1.86. The number of benzene rings is 1. The summed E-state index contributed by atoms with van der Waals surface area (Å²) in [6, 6.07) is 7.27. The van der Waals surface area contributed by atoms with Crippen LogP contribution in [0, 0.1) is 0 Å². The topological polar surface area (TPSA) is 108 Å². The number of aliphatic carboxylic acids is 1. The average Bonchev–Trinajstić information content (AvgIpc) is 2.05. The maximum absolute atomic E-state index is 9.00. The highest BCUT2D eigenvalue weighted by Crippen LogP contribution is 2.11. The third-order valence-corrected chi connectivity index (χ3v) is 1.12. The van der Waals surface area contributed by atoms with Crippen LogP contribution in [0.4, 0.5) is 5.69 Å². The van der Waals surface area contributed by atoms with Gasteiger partial charge in [-0.25, -0.2) is 0 Å². The minimum atomic E-state index is -0.833. The predicted octanol–water partition coefficient (Wildman–Crippen LogP) is 1.53. The summed E-state index contributed by atoms with van der Waals surface area (Å²) < 4.78 is 4.91. The molecule has 0 fully saturated rings. The van der Waals surface area contributed by atoms with Crippen molar-refractivity contribution < 1.29 is 14.6 Å². The Bertz CT molecular complexity index is 255. The van der Waals surface area contributed by atoms with Crippen LogP contribution < -0.4 is 16.6 Å². The molecular weight excluding hydrogens is 184 g/mol. The van der Waals surface area contributed by atoms with Gasteiger partial charge in [0.25, 0.3) is 5.97 Å². The molecule has 0 aromatic heterocycles. The molecule has 6 N–H and O–H groups in total. The van der Waals surface area contributed by atoms with E-state index < -0.39 is 5.97 Å². The van der Waals surface area contributed by atoms with Gasteiger partial charge in [0.2, 0.25) is 0 Å². The van der Waals surface area contributed by atoms with Crippen LogP contribution in [0.25, 0.3) is 0 Å². The van der Waals surface area contributed by atoms with Gasteiger partial charge in [0, 0.05) is 12.6 Å². The molecule has 0 spiro atoms. The van der Waals surface area contributed by atoms with E-state index in [0.717, 1.165) is 18.4 Å². The van der Waals surface area contributed by atoms with Gasteiger partial charge in [0.1, 0.15) is 5.75 Å². The first-order valence-electron chi connectivity index (χ1n) is 3.65. The summed E-state index contributed by atoms with van der Waals surface area (Å²) in [4.78, 5) is 9.00. The first kappa shape index (κ1) is 14.8. The quantitative estimate of drug-likeness (QED) is 0.596. The fourth-order valence-corrected chi connectivity index (χ4v) is 0.604. The normalized spacial score (nSPS) is 7.57. The number of hydrogen-bond acceptors (Lipinski definition) is 4. The second kappa shape index (κ2) is 7.88. The first-order chi connectivity index (χ1) is 6.06. The van der Waals surface area contributed by atoms with Crippen molar-refractivity contribution in [1.29, 1.82) is 0 Å². The number of nitrogen functional groups attached to an aromatic ring is 1. The molecular formula is C9H16N2O3. The standard InChI is InChI=1S/C7H9NO.C2H4O2.H3N/c1-9-7-4-2-6(8)3-5-7;1-2(3)4;/h2-5H,8H2,1H3;1H3,(H,3,4);1H3. The minimum Gasteiger partial charge on any atom is -0.497 e.